The third-order valence-electron chi connectivity index (χ3n) is 5.47. The summed E-state index contributed by atoms with van der Waals surface area (Å²) >= 11 is 2.73. The minimum Gasteiger partial charge on any atom is -0.467 e. The smallest absolute Gasteiger partial charge is 0.349 e. The van der Waals surface area contributed by atoms with E-state index >= 15 is 0 Å². The van der Waals surface area contributed by atoms with Crippen molar-refractivity contribution in [3.63, 3.8) is 0 Å². The van der Waals surface area contributed by atoms with Crippen LogP contribution in [-0.2, 0) is 11.3 Å². The average molecular weight is 512 g/mol. The molecule has 1 aliphatic heterocycles. The molecule has 10 nitrogen and oxygen atoms in total. The summed E-state index contributed by atoms with van der Waals surface area (Å²) in [7, 11) is 0. The predicted octanol–water partition coefficient (Wildman–Crippen LogP) is 2.61. The zero-order valence-corrected chi connectivity index (χ0v) is 20.1. The number of para-hydroxylation sites is 1. The van der Waals surface area contributed by atoms with Gasteiger partial charge in [0.15, 0.2) is 4.34 Å². The molecular formula is C23H21N5O5S2. The highest BCUT2D eigenvalue weighted by molar-refractivity contribution is 8.01. The van der Waals surface area contributed by atoms with Crippen molar-refractivity contribution in [3.05, 3.63) is 70.5 Å². The van der Waals surface area contributed by atoms with E-state index in [4.69, 9.17) is 8.83 Å². The van der Waals surface area contributed by atoms with Crippen molar-refractivity contribution in [2.75, 3.05) is 36.8 Å². The molecule has 1 N–H and O–H groups in total. The molecule has 12 heteroatoms. The Labute approximate surface area is 207 Å². The number of furan rings is 1. The standard InChI is InChI=1S/C23H21N5O5S2/c29-19(24-13-16-5-3-11-32-16)14-34-23-26-25-22(35-23)28-9-7-27(8-10-28)20(30)17-12-15-4-1-2-6-18(15)33-21(17)31/h1-6,11-12H,7-10,13-14H2,(H,24,29). The van der Waals surface area contributed by atoms with Gasteiger partial charge in [-0.05, 0) is 24.3 Å². The molecule has 0 unspecified atom stereocenters. The highest BCUT2D eigenvalue weighted by Gasteiger charge is 2.26. The lowest BCUT2D eigenvalue weighted by molar-refractivity contribution is -0.118. The Balaban J connectivity index is 1.13. The van der Waals surface area contributed by atoms with Crippen LogP contribution in [0.3, 0.4) is 0 Å². The molecule has 3 aromatic heterocycles. The fraction of sp³-hybridized carbons (Fsp3) is 0.261. The van der Waals surface area contributed by atoms with E-state index in [1.165, 1.54) is 23.1 Å². The maximum absolute atomic E-state index is 13.0. The van der Waals surface area contributed by atoms with E-state index in [-0.39, 0.29) is 23.1 Å². The minimum absolute atomic E-state index is 0.0390. The third kappa shape index (κ3) is 5.38. The molecule has 5 rings (SSSR count). The molecule has 1 fully saturated rings. The van der Waals surface area contributed by atoms with Gasteiger partial charge >= 0.3 is 5.63 Å². The summed E-state index contributed by atoms with van der Waals surface area (Å²) < 4.78 is 11.2. The van der Waals surface area contributed by atoms with Crippen molar-refractivity contribution in [1.29, 1.82) is 0 Å². The van der Waals surface area contributed by atoms with Crippen LogP contribution < -0.4 is 15.8 Å². The van der Waals surface area contributed by atoms with Gasteiger partial charge in [0.25, 0.3) is 5.91 Å². The van der Waals surface area contributed by atoms with Crippen LogP contribution in [0.15, 0.2) is 66.7 Å². The lowest BCUT2D eigenvalue weighted by atomic mass is 10.1. The van der Waals surface area contributed by atoms with Crippen LogP contribution in [-0.4, -0.2) is 58.8 Å². The first-order valence-electron chi connectivity index (χ1n) is 10.9. The molecule has 4 heterocycles. The van der Waals surface area contributed by atoms with Gasteiger partial charge in [-0.1, -0.05) is 41.3 Å². The summed E-state index contributed by atoms with van der Waals surface area (Å²) in [5.74, 6) is 0.471. The summed E-state index contributed by atoms with van der Waals surface area (Å²) in [6, 6.07) is 12.3. The third-order valence-corrected chi connectivity index (χ3v) is 7.59. The first-order chi connectivity index (χ1) is 17.1. The van der Waals surface area contributed by atoms with Gasteiger partial charge in [-0.2, -0.15) is 0 Å². The van der Waals surface area contributed by atoms with E-state index < -0.39 is 5.63 Å². The second-order valence-corrected chi connectivity index (χ2v) is 9.94. The molecule has 0 bridgehead atoms. The highest BCUT2D eigenvalue weighted by Crippen LogP contribution is 2.28. The number of carbonyl (C=O) groups is 2. The molecule has 0 aliphatic carbocycles. The Morgan fingerprint density at radius 3 is 2.71 bits per heavy atom. The fourth-order valence-corrected chi connectivity index (χ4v) is 5.37. The normalized spacial score (nSPS) is 13.8. The maximum Gasteiger partial charge on any atom is 0.349 e. The van der Waals surface area contributed by atoms with Gasteiger partial charge in [-0.3, -0.25) is 9.59 Å². The number of hydrogen-bond donors (Lipinski definition) is 1. The van der Waals surface area contributed by atoms with Gasteiger partial charge in [0.05, 0.1) is 18.6 Å². The number of amides is 2. The molecule has 0 saturated carbocycles. The Bertz CT molecular complexity index is 1390. The quantitative estimate of drug-likeness (QED) is 0.295. The van der Waals surface area contributed by atoms with Crippen molar-refractivity contribution in [2.45, 2.75) is 10.9 Å². The number of nitrogens with one attached hydrogen (secondary N) is 1. The van der Waals surface area contributed by atoms with Crippen molar-refractivity contribution in [1.82, 2.24) is 20.4 Å². The maximum atomic E-state index is 13.0. The molecule has 180 valence electrons. The van der Waals surface area contributed by atoms with E-state index in [0.717, 1.165) is 5.13 Å². The monoisotopic (exact) mass is 511 g/mol. The van der Waals surface area contributed by atoms with Crippen LogP contribution >= 0.6 is 23.1 Å². The number of benzene rings is 1. The summed E-state index contributed by atoms with van der Waals surface area (Å²) in [4.78, 5) is 41.0. The van der Waals surface area contributed by atoms with Crippen LogP contribution in [0.2, 0.25) is 0 Å². The van der Waals surface area contributed by atoms with Crippen LogP contribution in [0.4, 0.5) is 5.13 Å². The molecule has 2 amide bonds. The molecule has 0 spiro atoms. The van der Waals surface area contributed by atoms with Gasteiger partial charge < -0.3 is 24.0 Å². The Morgan fingerprint density at radius 1 is 1.09 bits per heavy atom. The Morgan fingerprint density at radius 2 is 1.91 bits per heavy atom. The zero-order chi connectivity index (χ0) is 24.2. The number of rotatable bonds is 7. The van der Waals surface area contributed by atoms with Crippen molar-refractivity contribution in [3.8, 4) is 0 Å². The van der Waals surface area contributed by atoms with Gasteiger partial charge in [0.2, 0.25) is 11.0 Å². The number of fused-ring (bicyclic) bond motifs is 1. The van der Waals surface area contributed by atoms with E-state index in [2.05, 4.69) is 15.5 Å². The van der Waals surface area contributed by atoms with Crippen molar-refractivity contribution in [2.24, 2.45) is 0 Å². The van der Waals surface area contributed by atoms with Gasteiger partial charge in [0, 0.05) is 31.6 Å². The molecule has 35 heavy (non-hydrogen) atoms. The summed E-state index contributed by atoms with van der Waals surface area (Å²) in [5, 5.41) is 12.7. The highest BCUT2D eigenvalue weighted by atomic mass is 32.2. The topological polar surface area (TPSA) is 122 Å². The van der Waals surface area contributed by atoms with Crippen molar-refractivity contribution >= 4 is 51.0 Å². The van der Waals surface area contributed by atoms with Crippen LogP contribution in [0.1, 0.15) is 16.1 Å². The Kier molecular flexibility index (Phi) is 6.82. The molecule has 1 saturated heterocycles. The molecular weight excluding hydrogens is 490 g/mol. The van der Waals surface area contributed by atoms with Crippen LogP contribution in [0.5, 0.6) is 0 Å². The molecule has 4 aromatic rings. The molecule has 1 aliphatic rings. The average Bonchev–Trinajstić information content (AvgIpc) is 3.58. The van der Waals surface area contributed by atoms with Gasteiger partial charge in [0.1, 0.15) is 16.9 Å². The van der Waals surface area contributed by atoms with E-state index in [9.17, 15) is 14.4 Å². The molecule has 0 atom stereocenters. The number of carbonyl (C=O) groups excluding carboxylic acids is 2. The van der Waals surface area contributed by atoms with Gasteiger partial charge in [-0.15, -0.1) is 10.2 Å². The first-order valence-corrected chi connectivity index (χ1v) is 12.7. The number of anilines is 1. The predicted molar refractivity (Wildman–Crippen MR) is 132 cm³/mol. The van der Waals surface area contributed by atoms with E-state index in [1.807, 2.05) is 11.0 Å². The van der Waals surface area contributed by atoms with Gasteiger partial charge in [-0.25, -0.2) is 4.79 Å². The summed E-state index contributed by atoms with van der Waals surface area (Å²) in [6.45, 7) is 2.36. The SMILES string of the molecule is O=C(CSc1nnc(N2CCN(C(=O)c3cc4ccccc4oc3=O)CC2)s1)NCc1ccco1. The number of nitrogens with zero attached hydrogens (tertiary/aromatic N) is 4. The number of thioether (sulfide) groups is 1. The zero-order valence-electron chi connectivity index (χ0n) is 18.5. The number of hydrogen-bond acceptors (Lipinski definition) is 10. The lowest BCUT2D eigenvalue weighted by Gasteiger charge is -2.34. The minimum atomic E-state index is -0.630. The summed E-state index contributed by atoms with van der Waals surface area (Å²) in [6.07, 6.45) is 1.56. The number of aromatic nitrogens is 2. The lowest BCUT2D eigenvalue weighted by Crippen LogP contribution is -2.49. The number of piperazine rings is 1. The van der Waals surface area contributed by atoms with Crippen LogP contribution in [0, 0.1) is 0 Å². The second-order valence-electron chi connectivity index (χ2n) is 7.76. The van der Waals surface area contributed by atoms with Crippen LogP contribution in [0.25, 0.3) is 11.0 Å². The Hall–Kier alpha value is -3.64. The second kappa shape index (κ2) is 10.3. The summed E-state index contributed by atoms with van der Waals surface area (Å²) in [5.41, 5.74) is -0.133. The van der Waals surface area contributed by atoms with E-state index in [0.29, 0.717) is 53.8 Å². The molecule has 1 aromatic carbocycles. The fourth-order valence-electron chi connectivity index (χ4n) is 3.65. The first kappa shape index (κ1) is 23.1. The van der Waals surface area contributed by atoms with E-state index in [1.54, 1.807) is 47.6 Å². The largest absolute Gasteiger partial charge is 0.467 e. The molecule has 0 radical (unpaired) electrons. The van der Waals surface area contributed by atoms with Crippen molar-refractivity contribution < 1.29 is 18.4 Å².